The molecule has 0 radical (unpaired) electrons. The number of aromatic nitrogens is 2. The van der Waals surface area contributed by atoms with Gasteiger partial charge in [0, 0.05) is 24.6 Å². The second kappa shape index (κ2) is 7.03. The summed E-state index contributed by atoms with van der Waals surface area (Å²) in [6, 6.07) is 7.21. The van der Waals surface area contributed by atoms with E-state index in [-0.39, 0.29) is 17.7 Å². The molecule has 0 aliphatic carbocycles. The van der Waals surface area contributed by atoms with Crippen molar-refractivity contribution in [1.82, 2.24) is 15.0 Å². The van der Waals surface area contributed by atoms with Gasteiger partial charge >= 0.3 is 0 Å². The van der Waals surface area contributed by atoms with Crippen molar-refractivity contribution in [3.8, 4) is 5.75 Å². The van der Waals surface area contributed by atoms with Gasteiger partial charge in [-0.3, -0.25) is 4.79 Å². The lowest BCUT2D eigenvalue weighted by Gasteiger charge is -2.31. The lowest BCUT2D eigenvalue weighted by atomic mass is 9.97. The average molecular weight is 329 g/mol. The number of piperidine rings is 1. The summed E-state index contributed by atoms with van der Waals surface area (Å²) in [6.07, 6.45) is 1.90. The second-order valence-corrected chi connectivity index (χ2v) is 6.46. The highest BCUT2D eigenvalue weighted by molar-refractivity contribution is 5.94. The first-order valence-corrected chi connectivity index (χ1v) is 8.35. The van der Waals surface area contributed by atoms with Crippen LogP contribution in [0.25, 0.3) is 0 Å². The van der Waals surface area contributed by atoms with Gasteiger partial charge in [-0.25, -0.2) is 0 Å². The third-order valence-corrected chi connectivity index (χ3v) is 4.37. The molecule has 1 unspecified atom stereocenters. The largest absolute Gasteiger partial charge is 0.497 e. The summed E-state index contributed by atoms with van der Waals surface area (Å²) in [5.74, 6) is 2.50. The molecule has 1 amide bonds. The maximum atomic E-state index is 12.7. The Bertz CT molecular complexity index is 694. The number of carbonyl (C=O) groups excluding carboxylic acids is 1. The van der Waals surface area contributed by atoms with Crippen LogP contribution >= 0.6 is 0 Å². The third kappa shape index (κ3) is 3.42. The molecule has 1 atom stereocenters. The predicted molar refractivity (Wildman–Crippen MR) is 89.3 cm³/mol. The van der Waals surface area contributed by atoms with Crippen LogP contribution in [0.15, 0.2) is 28.8 Å². The molecule has 3 rings (SSSR count). The van der Waals surface area contributed by atoms with Gasteiger partial charge < -0.3 is 14.2 Å². The molecule has 1 saturated heterocycles. The second-order valence-electron chi connectivity index (χ2n) is 6.46. The van der Waals surface area contributed by atoms with Crippen LogP contribution < -0.4 is 4.74 Å². The van der Waals surface area contributed by atoms with Crippen molar-refractivity contribution < 1.29 is 14.1 Å². The summed E-state index contributed by atoms with van der Waals surface area (Å²) in [4.78, 5) is 19.1. The van der Waals surface area contributed by atoms with Crippen molar-refractivity contribution in [2.75, 3.05) is 20.2 Å². The van der Waals surface area contributed by atoms with Gasteiger partial charge in [0.05, 0.1) is 13.0 Å². The number of benzene rings is 1. The molecule has 1 aromatic carbocycles. The first kappa shape index (κ1) is 16.5. The average Bonchev–Trinajstić information content (AvgIpc) is 3.12. The fraction of sp³-hybridized carbons (Fsp3) is 0.500. The Hall–Kier alpha value is -2.37. The molecule has 0 bridgehead atoms. The molecule has 2 aromatic rings. The zero-order valence-electron chi connectivity index (χ0n) is 14.4. The number of methoxy groups -OCH3 is 1. The van der Waals surface area contributed by atoms with E-state index in [1.807, 2.05) is 30.9 Å². The summed E-state index contributed by atoms with van der Waals surface area (Å²) in [6.45, 7) is 5.45. The van der Waals surface area contributed by atoms with E-state index in [1.165, 1.54) is 0 Å². The summed E-state index contributed by atoms with van der Waals surface area (Å²) >= 11 is 0. The highest BCUT2D eigenvalue weighted by atomic mass is 16.5. The van der Waals surface area contributed by atoms with E-state index < -0.39 is 0 Å². The lowest BCUT2D eigenvalue weighted by molar-refractivity contribution is 0.0695. The van der Waals surface area contributed by atoms with Crippen LogP contribution in [0, 0.1) is 0 Å². The molecule has 0 spiro atoms. The van der Waals surface area contributed by atoms with E-state index in [4.69, 9.17) is 9.26 Å². The molecule has 2 heterocycles. The normalized spacial score (nSPS) is 18.0. The number of amides is 1. The van der Waals surface area contributed by atoms with Crippen molar-refractivity contribution in [2.45, 2.75) is 38.5 Å². The van der Waals surface area contributed by atoms with Crippen molar-refractivity contribution in [1.29, 1.82) is 0 Å². The van der Waals surface area contributed by atoms with Crippen LogP contribution in [0.5, 0.6) is 5.75 Å². The predicted octanol–water partition coefficient (Wildman–Crippen LogP) is 3.22. The SMILES string of the molecule is COc1ccc(C(=O)N2CCCC(c3nc(C(C)C)no3)C2)cc1. The number of carbonyl (C=O) groups is 1. The van der Waals surface area contributed by atoms with E-state index in [2.05, 4.69) is 10.1 Å². The Morgan fingerprint density at radius 3 is 2.71 bits per heavy atom. The Kier molecular flexibility index (Phi) is 4.83. The molecule has 1 fully saturated rings. The van der Waals surface area contributed by atoms with Crippen LogP contribution in [0.3, 0.4) is 0 Å². The Morgan fingerprint density at radius 2 is 2.08 bits per heavy atom. The Balaban J connectivity index is 1.70. The molecule has 24 heavy (non-hydrogen) atoms. The molecular formula is C18H23N3O3. The number of nitrogens with zero attached hydrogens (tertiary/aromatic N) is 3. The van der Waals surface area contributed by atoms with E-state index in [9.17, 15) is 4.79 Å². The van der Waals surface area contributed by atoms with Gasteiger partial charge in [0.1, 0.15) is 5.75 Å². The summed E-state index contributed by atoms with van der Waals surface area (Å²) < 4.78 is 10.6. The van der Waals surface area contributed by atoms with Crippen LogP contribution in [-0.2, 0) is 0 Å². The molecule has 0 N–H and O–H groups in total. The number of rotatable bonds is 4. The van der Waals surface area contributed by atoms with Crippen LogP contribution in [0.4, 0.5) is 0 Å². The van der Waals surface area contributed by atoms with E-state index in [0.29, 0.717) is 18.0 Å². The fourth-order valence-corrected chi connectivity index (χ4v) is 2.93. The zero-order chi connectivity index (χ0) is 17.1. The van der Waals surface area contributed by atoms with Crippen molar-refractivity contribution >= 4 is 5.91 Å². The van der Waals surface area contributed by atoms with Crippen LogP contribution in [0.2, 0.25) is 0 Å². The maximum absolute atomic E-state index is 12.7. The standard InChI is InChI=1S/C18H23N3O3/c1-12(2)16-19-17(24-20-16)14-5-4-10-21(11-14)18(22)13-6-8-15(23-3)9-7-13/h6-9,12,14H,4-5,10-11H2,1-3H3. The molecule has 1 aromatic heterocycles. The molecule has 1 aliphatic rings. The van der Waals surface area contributed by atoms with Gasteiger partial charge in [-0.15, -0.1) is 0 Å². The minimum atomic E-state index is 0.0333. The van der Waals surface area contributed by atoms with Gasteiger partial charge in [0.2, 0.25) is 5.89 Å². The topological polar surface area (TPSA) is 68.5 Å². The van der Waals surface area contributed by atoms with Gasteiger partial charge in [0.25, 0.3) is 5.91 Å². The summed E-state index contributed by atoms with van der Waals surface area (Å²) in [7, 11) is 1.61. The summed E-state index contributed by atoms with van der Waals surface area (Å²) in [5, 5.41) is 4.03. The molecule has 6 heteroatoms. The highest BCUT2D eigenvalue weighted by Crippen LogP contribution is 2.27. The van der Waals surface area contributed by atoms with E-state index in [1.54, 1.807) is 19.2 Å². The quantitative estimate of drug-likeness (QED) is 0.861. The highest BCUT2D eigenvalue weighted by Gasteiger charge is 2.29. The molecule has 0 saturated carbocycles. The minimum Gasteiger partial charge on any atom is -0.497 e. The van der Waals surface area contributed by atoms with Gasteiger partial charge in [-0.2, -0.15) is 4.98 Å². The number of likely N-dealkylation sites (tertiary alicyclic amines) is 1. The maximum Gasteiger partial charge on any atom is 0.253 e. The smallest absolute Gasteiger partial charge is 0.253 e. The van der Waals surface area contributed by atoms with Crippen molar-refractivity contribution in [3.05, 3.63) is 41.5 Å². The Labute approximate surface area is 141 Å². The Morgan fingerprint density at radius 1 is 1.33 bits per heavy atom. The fourth-order valence-electron chi connectivity index (χ4n) is 2.93. The minimum absolute atomic E-state index is 0.0333. The molecule has 128 valence electrons. The number of hydrogen-bond acceptors (Lipinski definition) is 5. The lowest BCUT2D eigenvalue weighted by Crippen LogP contribution is -2.39. The number of ether oxygens (including phenoxy) is 1. The van der Waals surface area contributed by atoms with Crippen LogP contribution in [0.1, 0.15) is 60.6 Å². The van der Waals surface area contributed by atoms with Gasteiger partial charge in [-0.05, 0) is 37.1 Å². The first-order chi connectivity index (χ1) is 11.6. The van der Waals surface area contributed by atoms with Gasteiger partial charge in [0.15, 0.2) is 5.82 Å². The first-order valence-electron chi connectivity index (χ1n) is 8.35. The summed E-state index contributed by atoms with van der Waals surface area (Å²) in [5.41, 5.74) is 0.671. The molecule has 1 aliphatic heterocycles. The van der Waals surface area contributed by atoms with Crippen LogP contribution in [-0.4, -0.2) is 41.1 Å². The van der Waals surface area contributed by atoms with Crippen molar-refractivity contribution in [3.63, 3.8) is 0 Å². The van der Waals surface area contributed by atoms with Gasteiger partial charge in [-0.1, -0.05) is 19.0 Å². The van der Waals surface area contributed by atoms with Crippen molar-refractivity contribution in [2.24, 2.45) is 0 Å². The van der Waals surface area contributed by atoms with E-state index in [0.717, 1.165) is 31.0 Å². The zero-order valence-corrected chi connectivity index (χ0v) is 14.4. The van der Waals surface area contributed by atoms with E-state index >= 15 is 0 Å². The molecular weight excluding hydrogens is 306 g/mol. The monoisotopic (exact) mass is 329 g/mol. The number of hydrogen-bond donors (Lipinski definition) is 0. The third-order valence-electron chi connectivity index (χ3n) is 4.37. The molecule has 6 nitrogen and oxygen atoms in total.